The molecule has 0 bridgehead atoms. The normalized spacial score (nSPS) is 27.6. The van der Waals surface area contributed by atoms with Crippen molar-refractivity contribution in [2.75, 3.05) is 13.1 Å². The van der Waals surface area contributed by atoms with Gasteiger partial charge in [-0.25, -0.2) is 8.42 Å². The molecular formula is C15H15ClN2O4S. The van der Waals surface area contributed by atoms with E-state index < -0.39 is 21.4 Å². The van der Waals surface area contributed by atoms with E-state index >= 15 is 0 Å². The van der Waals surface area contributed by atoms with Crippen LogP contribution in [0.3, 0.4) is 0 Å². The first-order valence-electron chi connectivity index (χ1n) is 7.24. The van der Waals surface area contributed by atoms with Crippen molar-refractivity contribution >= 4 is 27.6 Å². The molecule has 1 aromatic carbocycles. The third-order valence-corrected chi connectivity index (χ3v) is 7.10. The molecule has 1 saturated heterocycles. The van der Waals surface area contributed by atoms with Gasteiger partial charge < -0.3 is 5.11 Å². The van der Waals surface area contributed by atoms with Gasteiger partial charge in [-0.2, -0.15) is 9.57 Å². The molecule has 122 valence electrons. The molecular weight excluding hydrogens is 340 g/mol. The number of nitriles is 1. The van der Waals surface area contributed by atoms with E-state index in [0.717, 1.165) is 12.8 Å². The molecule has 2 fully saturated rings. The average Bonchev–Trinajstić information content (AvgIpc) is 3.05. The van der Waals surface area contributed by atoms with E-state index in [1.54, 1.807) is 0 Å². The summed E-state index contributed by atoms with van der Waals surface area (Å²) in [5, 5.41) is 18.8. The first-order valence-corrected chi connectivity index (χ1v) is 9.06. The molecule has 3 rings (SSSR count). The van der Waals surface area contributed by atoms with Crippen LogP contribution in [0.1, 0.15) is 24.8 Å². The second-order valence-electron chi connectivity index (χ2n) is 6.10. The van der Waals surface area contributed by atoms with Crippen LogP contribution >= 0.6 is 11.6 Å². The van der Waals surface area contributed by atoms with Crippen molar-refractivity contribution in [3.8, 4) is 6.07 Å². The van der Waals surface area contributed by atoms with Gasteiger partial charge in [0, 0.05) is 13.1 Å². The largest absolute Gasteiger partial charge is 0.481 e. The molecule has 2 atom stereocenters. The van der Waals surface area contributed by atoms with Crippen molar-refractivity contribution in [3.05, 3.63) is 28.8 Å². The number of aliphatic carboxylic acids is 1. The molecule has 2 aliphatic rings. The van der Waals surface area contributed by atoms with Gasteiger partial charge >= 0.3 is 5.97 Å². The van der Waals surface area contributed by atoms with Crippen molar-refractivity contribution in [2.24, 2.45) is 11.3 Å². The number of nitrogens with zero attached hydrogens (tertiary/aromatic N) is 2. The molecule has 0 aromatic heterocycles. The predicted molar refractivity (Wildman–Crippen MR) is 82.3 cm³/mol. The molecule has 1 heterocycles. The van der Waals surface area contributed by atoms with Crippen LogP contribution in [-0.2, 0) is 14.8 Å². The smallest absolute Gasteiger partial charge is 0.311 e. The topological polar surface area (TPSA) is 98.5 Å². The van der Waals surface area contributed by atoms with Gasteiger partial charge in [-0.15, -0.1) is 0 Å². The van der Waals surface area contributed by atoms with E-state index in [-0.39, 0.29) is 34.5 Å². The molecule has 1 aromatic rings. The van der Waals surface area contributed by atoms with Crippen molar-refractivity contribution in [2.45, 2.75) is 24.2 Å². The zero-order chi connectivity index (χ0) is 16.8. The number of carbonyl (C=O) groups is 1. The van der Waals surface area contributed by atoms with Crippen molar-refractivity contribution in [1.82, 2.24) is 4.31 Å². The maximum absolute atomic E-state index is 12.8. The summed E-state index contributed by atoms with van der Waals surface area (Å²) in [6.07, 6.45) is 2.04. The molecule has 0 amide bonds. The van der Waals surface area contributed by atoms with Gasteiger partial charge in [-0.1, -0.05) is 18.0 Å². The molecule has 1 saturated carbocycles. The van der Waals surface area contributed by atoms with E-state index in [1.165, 1.54) is 22.5 Å². The molecule has 0 unspecified atom stereocenters. The summed E-state index contributed by atoms with van der Waals surface area (Å²) in [6, 6.07) is 5.81. The van der Waals surface area contributed by atoms with Crippen molar-refractivity contribution < 1.29 is 18.3 Å². The Hall–Kier alpha value is -1.62. The highest BCUT2D eigenvalue weighted by Gasteiger charge is 2.57. The molecule has 0 radical (unpaired) electrons. The third-order valence-electron chi connectivity index (χ3n) is 4.96. The first-order chi connectivity index (χ1) is 10.8. The highest BCUT2D eigenvalue weighted by Crippen LogP contribution is 2.50. The Bertz CT molecular complexity index is 817. The van der Waals surface area contributed by atoms with E-state index in [4.69, 9.17) is 16.9 Å². The summed E-state index contributed by atoms with van der Waals surface area (Å²) in [7, 11) is -3.84. The summed E-state index contributed by atoms with van der Waals surface area (Å²) in [6.45, 7) is 0.193. The lowest BCUT2D eigenvalue weighted by atomic mass is 9.81. The summed E-state index contributed by atoms with van der Waals surface area (Å²) in [5.41, 5.74) is -0.891. The summed E-state index contributed by atoms with van der Waals surface area (Å²) in [4.78, 5) is 11.6. The predicted octanol–water partition coefficient (Wildman–Crippen LogP) is 2.09. The van der Waals surface area contributed by atoms with Crippen LogP contribution < -0.4 is 0 Å². The zero-order valence-electron chi connectivity index (χ0n) is 12.2. The Morgan fingerprint density at radius 2 is 2.22 bits per heavy atom. The van der Waals surface area contributed by atoms with Gasteiger partial charge in [0.1, 0.15) is 6.07 Å². The fourth-order valence-corrected chi connectivity index (χ4v) is 5.42. The fourth-order valence-electron chi connectivity index (χ4n) is 3.68. The SMILES string of the molecule is N#Cc1cc(S(=O)(=O)N2C[C@@H]3CCC[C@@]3(C(=O)O)C2)ccc1Cl. The number of rotatable bonds is 3. The number of halogens is 1. The van der Waals surface area contributed by atoms with Crippen molar-refractivity contribution in [1.29, 1.82) is 5.26 Å². The van der Waals surface area contributed by atoms with E-state index in [2.05, 4.69) is 0 Å². The minimum Gasteiger partial charge on any atom is -0.481 e. The highest BCUT2D eigenvalue weighted by molar-refractivity contribution is 7.89. The lowest BCUT2D eigenvalue weighted by molar-refractivity contribution is -0.149. The second kappa shape index (κ2) is 5.48. The maximum Gasteiger partial charge on any atom is 0.311 e. The zero-order valence-corrected chi connectivity index (χ0v) is 13.8. The van der Waals surface area contributed by atoms with Crippen LogP contribution in [0, 0.1) is 22.7 Å². The van der Waals surface area contributed by atoms with Crippen molar-refractivity contribution in [3.63, 3.8) is 0 Å². The molecule has 1 aliphatic heterocycles. The minimum atomic E-state index is -3.84. The number of hydrogen-bond acceptors (Lipinski definition) is 4. The standard InChI is InChI=1S/C15H15ClN2O4S/c16-13-4-3-12(6-10(13)7-17)23(21,22)18-8-11-2-1-5-15(11,9-18)14(19)20/h3-4,6,11H,1-2,5,8-9H2,(H,19,20)/t11-,15+/m0/s1. The Morgan fingerprint density at radius 1 is 1.48 bits per heavy atom. The van der Waals surface area contributed by atoms with Gasteiger partial charge in [-0.3, -0.25) is 4.79 Å². The van der Waals surface area contributed by atoms with Gasteiger partial charge in [0.05, 0.1) is 20.9 Å². The fraction of sp³-hybridized carbons (Fsp3) is 0.467. The molecule has 8 heteroatoms. The first kappa shape index (κ1) is 16.2. The molecule has 23 heavy (non-hydrogen) atoms. The van der Waals surface area contributed by atoms with Crippen LogP contribution in [-0.4, -0.2) is 36.9 Å². The quantitative estimate of drug-likeness (QED) is 0.896. The Labute approximate surface area is 139 Å². The maximum atomic E-state index is 12.8. The van der Waals surface area contributed by atoms with Crippen LogP contribution in [0.25, 0.3) is 0 Å². The third kappa shape index (κ3) is 2.42. The van der Waals surface area contributed by atoms with E-state index in [9.17, 15) is 18.3 Å². The van der Waals surface area contributed by atoms with Crippen LogP contribution in [0.15, 0.2) is 23.1 Å². The number of benzene rings is 1. The molecule has 6 nitrogen and oxygen atoms in total. The molecule has 0 spiro atoms. The van der Waals surface area contributed by atoms with Gasteiger partial charge in [0.15, 0.2) is 0 Å². The number of carboxylic acids is 1. The van der Waals surface area contributed by atoms with E-state index in [0.29, 0.717) is 6.42 Å². The second-order valence-corrected chi connectivity index (χ2v) is 8.45. The van der Waals surface area contributed by atoms with Crippen LogP contribution in [0.5, 0.6) is 0 Å². The Balaban J connectivity index is 1.96. The average molecular weight is 355 g/mol. The van der Waals surface area contributed by atoms with Gasteiger partial charge in [-0.05, 0) is 37.0 Å². The summed E-state index contributed by atoms with van der Waals surface area (Å²) < 4.78 is 26.8. The highest BCUT2D eigenvalue weighted by atomic mass is 35.5. The van der Waals surface area contributed by atoms with E-state index in [1.807, 2.05) is 6.07 Å². The molecule has 1 N–H and O–H groups in total. The van der Waals surface area contributed by atoms with Crippen LogP contribution in [0.2, 0.25) is 5.02 Å². The van der Waals surface area contributed by atoms with Gasteiger partial charge in [0.25, 0.3) is 0 Å². The lowest BCUT2D eigenvalue weighted by Gasteiger charge is -2.23. The number of carboxylic acid groups (broad SMARTS) is 1. The molecule has 1 aliphatic carbocycles. The van der Waals surface area contributed by atoms with Gasteiger partial charge in [0.2, 0.25) is 10.0 Å². The lowest BCUT2D eigenvalue weighted by Crippen LogP contribution is -2.37. The number of sulfonamides is 1. The minimum absolute atomic E-state index is 0.0140. The summed E-state index contributed by atoms with van der Waals surface area (Å²) in [5.74, 6) is -1.08. The Kier molecular flexibility index (Phi) is 3.87. The number of fused-ring (bicyclic) bond motifs is 1. The summed E-state index contributed by atoms with van der Waals surface area (Å²) >= 11 is 5.84. The Morgan fingerprint density at radius 3 is 2.83 bits per heavy atom. The van der Waals surface area contributed by atoms with Crippen LogP contribution in [0.4, 0.5) is 0 Å². The number of hydrogen-bond donors (Lipinski definition) is 1. The monoisotopic (exact) mass is 354 g/mol.